The molecule has 0 radical (unpaired) electrons. The number of hydrogen-bond donors (Lipinski definition) is 2. The third kappa shape index (κ3) is 5.29. The lowest BCUT2D eigenvalue weighted by molar-refractivity contribution is 0.0644. The fourth-order valence-corrected chi connectivity index (χ4v) is 2.74. The number of hydrogen-bond acceptors (Lipinski definition) is 5. The van der Waals surface area contributed by atoms with Crippen molar-refractivity contribution in [3.8, 4) is 5.75 Å². The molecule has 0 aliphatic heterocycles. The standard InChI is InChI=1S/C18H22N2O5S/c1-12(2)25-11-14-10-13(4-9-17(14)24-3)18(21)20-15-5-7-16(8-6-15)26(19,22)23/h4-10,12H,11H2,1-3H3,(H,20,21)(H2,19,22,23). The van der Waals surface area contributed by atoms with E-state index in [2.05, 4.69) is 5.32 Å². The van der Waals surface area contributed by atoms with Gasteiger partial charge < -0.3 is 14.8 Å². The molecule has 1 amide bonds. The highest BCUT2D eigenvalue weighted by Gasteiger charge is 2.12. The zero-order valence-electron chi connectivity index (χ0n) is 14.9. The summed E-state index contributed by atoms with van der Waals surface area (Å²) in [6.45, 7) is 4.17. The van der Waals surface area contributed by atoms with Gasteiger partial charge in [-0.2, -0.15) is 0 Å². The Morgan fingerprint density at radius 1 is 1.15 bits per heavy atom. The lowest BCUT2D eigenvalue weighted by Gasteiger charge is -2.13. The van der Waals surface area contributed by atoms with Crippen LogP contribution in [0.15, 0.2) is 47.4 Å². The summed E-state index contributed by atoms with van der Waals surface area (Å²) in [4.78, 5) is 12.4. The predicted octanol–water partition coefficient (Wildman–Crippen LogP) is 2.52. The smallest absolute Gasteiger partial charge is 0.255 e. The van der Waals surface area contributed by atoms with Crippen LogP contribution in [0.3, 0.4) is 0 Å². The van der Waals surface area contributed by atoms with E-state index in [1.807, 2.05) is 13.8 Å². The number of benzene rings is 2. The molecule has 0 aliphatic carbocycles. The number of amides is 1. The van der Waals surface area contributed by atoms with Crippen molar-refractivity contribution in [2.24, 2.45) is 5.14 Å². The van der Waals surface area contributed by atoms with Crippen molar-refractivity contribution in [3.05, 3.63) is 53.6 Å². The highest BCUT2D eigenvalue weighted by Crippen LogP contribution is 2.22. The molecule has 2 rings (SSSR count). The lowest BCUT2D eigenvalue weighted by Crippen LogP contribution is -2.14. The van der Waals surface area contributed by atoms with Crippen molar-refractivity contribution in [2.45, 2.75) is 31.5 Å². The van der Waals surface area contributed by atoms with Crippen molar-refractivity contribution in [2.75, 3.05) is 12.4 Å². The van der Waals surface area contributed by atoms with E-state index in [1.165, 1.54) is 24.3 Å². The Labute approximate surface area is 153 Å². The van der Waals surface area contributed by atoms with Crippen LogP contribution in [0.25, 0.3) is 0 Å². The number of primary sulfonamides is 1. The highest BCUT2D eigenvalue weighted by atomic mass is 32.2. The molecule has 0 heterocycles. The van der Waals surface area contributed by atoms with E-state index < -0.39 is 10.0 Å². The minimum absolute atomic E-state index is 0.0203. The summed E-state index contributed by atoms with van der Waals surface area (Å²) in [6, 6.07) is 10.7. The van der Waals surface area contributed by atoms with E-state index in [0.29, 0.717) is 23.6 Å². The summed E-state index contributed by atoms with van der Waals surface area (Å²) in [6.07, 6.45) is 0.0505. The molecular weight excluding hydrogens is 356 g/mol. The monoisotopic (exact) mass is 378 g/mol. The van der Waals surface area contributed by atoms with Gasteiger partial charge in [-0.05, 0) is 56.3 Å². The Bertz CT molecular complexity index is 877. The lowest BCUT2D eigenvalue weighted by atomic mass is 10.1. The third-order valence-electron chi connectivity index (χ3n) is 3.56. The molecule has 2 aromatic carbocycles. The van der Waals surface area contributed by atoms with Gasteiger partial charge in [-0.15, -0.1) is 0 Å². The van der Waals surface area contributed by atoms with E-state index >= 15 is 0 Å². The van der Waals surface area contributed by atoms with Gasteiger partial charge in [0.05, 0.1) is 24.7 Å². The maximum atomic E-state index is 12.5. The van der Waals surface area contributed by atoms with Gasteiger partial charge in [-0.3, -0.25) is 4.79 Å². The van der Waals surface area contributed by atoms with Crippen LogP contribution in [0, 0.1) is 0 Å². The van der Waals surface area contributed by atoms with Crippen molar-refractivity contribution in [3.63, 3.8) is 0 Å². The quantitative estimate of drug-likeness (QED) is 0.770. The number of nitrogens with two attached hydrogens (primary N) is 1. The Morgan fingerprint density at radius 3 is 2.35 bits per heavy atom. The number of methoxy groups -OCH3 is 1. The van der Waals surface area contributed by atoms with Crippen LogP contribution in [0.2, 0.25) is 0 Å². The summed E-state index contributed by atoms with van der Waals surface area (Å²) in [5.74, 6) is 0.307. The zero-order chi connectivity index (χ0) is 19.3. The maximum absolute atomic E-state index is 12.5. The minimum atomic E-state index is -3.77. The first kappa shape index (κ1) is 19.9. The zero-order valence-corrected chi connectivity index (χ0v) is 15.7. The van der Waals surface area contributed by atoms with Gasteiger partial charge in [0, 0.05) is 16.8 Å². The van der Waals surface area contributed by atoms with Crippen LogP contribution in [0.5, 0.6) is 5.75 Å². The molecule has 0 atom stereocenters. The van der Waals surface area contributed by atoms with Crippen LogP contribution in [0.1, 0.15) is 29.8 Å². The fraction of sp³-hybridized carbons (Fsp3) is 0.278. The first-order valence-electron chi connectivity index (χ1n) is 7.93. The Hall–Kier alpha value is -2.42. The topological polar surface area (TPSA) is 108 Å². The molecule has 0 spiro atoms. The predicted molar refractivity (Wildman–Crippen MR) is 98.7 cm³/mol. The highest BCUT2D eigenvalue weighted by molar-refractivity contribution is 7.89. The number of sulfonamides is 1. The Morgan fingerprint density at radius 2 is 1.81 bits per heavy atom. The molecule has 2 aromatic rings. The summed E-state index contributed by atoms with van der Waals surface area (Å²) < 4.78 is 33.4. The van der Waals surface area contributed by atoms with Gasteiger partial charge >= 0.3 is 0 Å². The summed E-state index contributed by atoms with van der Waals surface area (Å²) in [7, 11) is -2.21. The molecule has 0 bridgehead atoms. The molecule has 8 heteroatoms. The van der Waals surface area contributed by atoms with Crippen LogP contribution in [-0.2, 0) is 21.4 Å². The van der Waals surface area contributed by atoms with E-state index in [4.69, 9.17) is 14.6 Å². The van der Waals surface area contributed by atoms with Gasteiger partial charge in [-0.25, -0.2) is 13.6 Å². The number of carbonyl (C=O) groups is 1. The number of anilines is 1. The van der Waals surface area contributed by atoms with Gasteiger partial charge in [0.2, 0.25) is 10.0 Å². The van der Waals surface area contributed by atoms with Crippen molar-refractivity contribution in [1.29, 1.82) is 0 Å². The van der Waals surface area contributed by atoms with Crippen LogP contribution in [-0.4, -0.2) is 27.5 Å². The van der Waals surface area contributed by atoms with Crippen molar-refractivity contribution < 1.29 is 22.7 Å². The van der Waals surface area contributed by atoms with Gasteiger partial charge in [0.15, 0.2) is 0 Å². The van der Waals surface area contributed by atoms with E-state index in [1.54, 1.807) is 25.3 Å². The van der Waals surface area contributed by atoms with E-state index in [0.717, 1.165) is 5.56 Å². The molecule has 0 aromatic heterocycles. The molecule has 0 aliphatic rings. The van der Waals surface area contributed by atoms with Gasteiger partial charge in [0.25, 0.3) is 5.91 Å². The first-order valence-corrected chi connectivity index (χ1v) is 9.48. The van der Waals surface area contributed by atoms with E-state index in [-0.39, 0.29) is 16.9 Å². The summed E-state index contributed by atoms with van der Waals surface area (Å²) in [5.41, 5.74) is 1.65. The second kappa shape index (κ2) is 8.31. The van der Waals surface area contributed by atoms with Crippen LogP contribution >= 0.6 is 0 Å². The van der Waals surface area contributed by atoms with Gasteiger partial charge in [-0.1, -0.05) is 0 Å². The molecular formula is C18H22N2O5S. The largest absolute Gasteiger partial charge is 0.496 e. The summed E-state index contributed by atoms with van der Waals surface area (Å²) in [5, 5.41) is 7.76. The Kier molecular flexibility index (Phi) is 6.36. The second-order valence-electron chi connectivity index (χ2n) is 5.91. The SMILES string of the molecule is COc1ccc(C(=O)Nc2ccc(S(N)(=O)=O)cc2)cc1COC(C)C. The number of carbonyl (C=O) groups excluding carboxylic acids is 1. The molecule has 0 saturated carbocycles. The number of rotatable bonds is 7. The van der Waals surface area contributed by atoms with Crippen LogP contribution < -0.4 is 15.2 Å². The molecule has 0 unspecified atom stereocenters. The van der Waals surface area contributed by atoms with Crippen molar-refractivity contribution >= 4 is 21.6 Å². The third-order valence-corrected chi connectivity index (χ3v) is 4.48. The molecule has 140 valence electrons. The van der Waals surface area contributed by atoms with Gasteiger partial charge in [0.1, 0.15) is 5.75 Å². The summed E-state index contributed by atoms with van der Waals surface area (Å²) >= 11 is 0. The molecule has 26 heavy (non-hydrogen) atoms. The van der Waals surface area contributed by atoms with E-state index in [9.17, 15) is 13.2 Å². The fourth-order valence-electron chi connectivity index (χ4n) is 2.22. The normalized spacial score (nSPS) is 11.4. The number of ether oxygens (including phenoxy) is 2. The van der Waals surface area contributed by atoms with Crippen LogP contribution in [0.4, 0.5) is 5.69 Å². The van der Waals surface area contributed by atoms with Crippen molar-refractivity contribution in [1.82, 2.24) is 0 Å². The minimum Gasteiger partial charge on any atom is -0.496 e. The molecule has 0 saturated heterocycles. The average molecular weight is 378 g/mol. The molecule has 3 N–H and O–H groups in total. The first-order chi connectivity index (χ1) is 12.2. The second-order valence-corrected chi connectivity index (χ2v) is 7.47. The maximum Gasteiger partial charge on any atom is 0.255 e. The Balaban J connectivity index is 2.17. The molecule has 7 nitrogen and oxygen atoms in total. The molecule has 0 fully saturated rings. The average Bonchev–Trinajstić information content (AvgIpc) is 2.59. The number of nitrogens with one attached hydrogen (secondary N) is 1.